The summed E-state index contributed by atoms with van der Waals surface area (Å²) in [5.41, 5.74) is 0.989. The monoisotopic (exact) mass is 354 g/mol. The lowest BCUT2D eigenvalue weighted by atomic mass is 10.1. The predicted octanol–water partition coefficient (Wildman–Crippen LogP) is 2.09. The van der Waals surface area contributed by atoms with E-state index in [4.69, 9.17) is 4.74 Å². The standard InChI is InChI=1S/C20H26N4O2/c1-16(17-7-3-4-8-18(17)26-2)22-20(25)15-23-11-13-24(14-12-23)19-9-5-6-10-21-19/h3-10,16H,11-15H2,1-2H3,(H,22,25). The van der Waals surface area contributed by atoms with E-state index in [9.17, 15) is 4.79 Å². The second-order valence-corrected chi connectivity index (χ2v) is 6.48. The van der Waals surface area contributed by atoms with Gasteiger partial charge in [0.1, 0.15) is 11.6 Å². The number of amides is 1. The maximum Gasteiger partial charge on any atom is 0.234 e. The third-order valence-electron chi connectivity index (χ3n) is 4.70. The van der Waals surface area contributed by atoms with Gasteiger partial charge in [0.25, 0.3) is 0 Å². The topological polar surface area (TPSA) is 57.7 Å². The van der Waals surface area contributed by atoms with Crippen LogP contribution in [0.1, 0.15) is 18.5 Å². The fourth-order valence-corrected chi connectivity index (χ4v) is 3.27. The quantitative estimate of drug-likeness (QED) is 0.861. The summed E-state index contributed by atoms with van der Waals surface area (Å²) in [4.78, 5) is 21.3. The van der Waals surface area contributed by atoms with Crippen LogP contribution in [0.25, 0.3) is 0 Å². The highest BCUT2D eigenvalue weighted by Crippen LogP contribution is 2.24. The number of benzene rings is 1. The number of carbonyl (C=O) groups is 1. The first-order chi connectivity index (χ1) is 12.7. The number of methoxy groups -OCH3 is 1. The number of aromatic nitrogens is 1. The molecule has 26 heavy (non-hydrogen) atoms. The number of para-hydroxylation sites is 1. The molecule has 1 amide bonds. The summed E-state index contributed by atoms with van der Waals surface area (Å²) in [5, 5.41) is 3.07. The van der Waals surface area contributed by atoms with Crippen LogP contribution >= 0.6 is 0 Å². The van der Waals surface area contributed by atoms with E-state index in [1.165, 1.54) is 0 Å². The Balaban J connectivity index is 1.48. The van der Waals surface area contributed by atoms with Crippen molar-refractivity contribution in [2.75, 3.05) is 44.7 Å². The van der Waals surface area contributed by atoms with Crippen LogP contribution < -0.4 is 15.0 Å². The molecule has 0 radical (unpaired) electrons. The van der Waals surface area contributed by atoms with E-state index in [0.29, 0.717) is 6.54 Å². The molecule has 6 nitrogen and oxygen atoms in total. The Hall–Kier alpha value is -2.60. The first-order valence-electron chi connectivity index (χ1n) is 8.98. The minimum Gasteiger partial charge on any atom is -0.496 e. The predicted molar refractivity (Wildman–Crippen MR) is 102 cm³/mol. The zero-order chi connectivity index (χ0) is 18.4. The summed E-state index contributed by atoms with van der Waals surface area (Å²) >= 11 is 0. The number of pyridine rings is 1. The molecule has 1 aliphatic rings. The number of carbonyl (C=O) groups excluding carboxylic acids is 1. The lowest BCUT2D eigenvalue weighted by molar-refractivity contribution is -0.123. The van der Waals surface area contributed by atoms with Gasteiger partial charge in [-0.1, -0.05) is 24.3 Å². The number of piperazine rings is 1. The van der Waals surface area contributed by atoms with Gasteiger partial charge in [-0.2, -0.15) is 0 Å². The van der Waals surface area contributed by atoms with Gasteiger partial charge in [-0.25, -0.2) is 4.98 Å². The summed E-state index contributed by atoms with van der Waals surface area (Å²) in [5.74, 6) is 1.83. The molecule has 1 aromatic carbocycles. The van der Waals surface area contributed by atoms with Crippen LogP contribution in [0.4, 0.5) is 5.82 Å². The molecule has 3 rings (SSSR count). The number of ether oxygens (including phenoxy) is 1. The van der Waals surface area contributed by atoms with Crippen molar-refractivity contribution >= 4 is 11.7 Å². The van der Waals surface area contributed by atoms with Crippen LogP contribution in [0, 0.1) is 0 Å². The summed E-state index contributed by atoms with van der Waals surface area (Å²) in [6.45, 7) is 5.86. The maximum absolute atomic E-state index is 12.4. The molecule has 6 heteroatoms. The van der Waals surface area contributed by atoms with E-state index in [-0.39, 0.29) is 11.9 Å². The third-order valence-corrected chi connectivity index (χ3v) is 4.70. The highest BCUT2D eigenvalue weighted by atomic mass is 16.5. The molecule has 1 fully saturated rings. The van der Waals surface area contributed by atoms with Gasteiger partial charge >= 0.3 is 0 Å². The molecule has 1 aromatic heterocycles. The van der Waals surface area contributed by atoms with E-state index in [1.807, 2.05) is 55.6 Å². The van der Waals surface area contributed by atoms with Crippen molar-refractivity contribution in [1.82, 2.24) is 15.2 Å². The van der Waals surface area contributed by atoms with Crippen LogP contribution in [0.5, 0.6) is 5.75 Å². The molecule has 0 bridgehead atoms. The molecule has 0 aliphatic carbocycles. The minimum atomic E-state index is -0.0894. The van der Waals surface area contributed by atoms with Crippen molar-refractivity contribution < 1.29 is 9.53 Å². The largest absolute Gasteiger partial charge is 0.496 e. The van der Waals surface area contributed by atoms with Crippen LogP contribution in [0.15, 0.2) is 48.7 Å². The molecule has 1 saturated heterocycles. The second-order valence-electron chi connectivity index (χ2n) is 6.48. The third kappa shape index (κ3) is 4.52. The molecular formula is C20H26N4O2. The van der Waals surface area contributed by atoms with Crippen LogP contribution in [-0.4, -0.2) is 55.6 Å². The number of anilines is 1. The summed E-state index contributed by atoms with van der Waals surface area (Å²) in [6, 6.07) is 13.6. The van der Waals surface area contributed by atoms with Crippen molar-refractivity contribution in [2.24, 2.45) is 0 Å². The molecule has 1 unspecified atom stereocenters. The number of nitrogens with zero attached hydrogens (tertiary/aromatic N) is 3. The molecule has 2 heterocycles. The second kappa shape index (κ2) is 8.67. The van der Waals surface area contributed by atoms with E-state index < -0.39 is 0 Å². The Morgan fingerprint density at radius 3 is 2.58 bits per heavy atom. The van der Waals surface area contributed by atoms with Gasteiger partial charge in [-0.3, -0.25) is 9.69 Å². The normalized spacial score (nSPS) is 16.2. The molecule has 1 aliphatic heterocycles. The highest BCUT2D eigenvalue weighted by Gasteiger charge is 2.21. The van der Waals surface area contributed by atoms with E-state index in [1.54, 1.807) is 7.11 Å². The minimum absolute atomic E-state index is 0.0368. The average molecular weight is 354 g/mol. The fraction of sp³-hybridized carbons (Fsp3) is 0.400. The molecular weight excluding hydrogens is 328 g/mol. The van der Waals surface area contributed by atoms with Gasteiger partial charge in [0.15, 0.2) is 0 Å². The van der Waals surface area contributed by atoms with E-state index in [2.05, 4.69) is 20.1 Å². The molecule has 0 spiro atoms. The van der Waals surface area contributed by atoms with Gasteiger partial charge in [0.2, 0.25) is 5.91 Å². The van der Waals surface area contributed by atoms with Crippen molar-refractivity contribution in [3.63, 3.8) is 0 Å². The zero-order valence-electron chi connectivity index (χ0n) is 15.4. The zero-order valence-corrected chi connectivity index (χ0v) is 15.4. The number of hydrogen-bond acceptors (Lipinski definition) is 5. The molecule has 0 saturated carbocycles. The van der Waals surface area contributed by atoms with Crippen LogP contribution in [-0.2, 0) is 4.79 Å². The lowest BCUT2D eigenvalue weighted by Crippen LogP contribution is -2.49. The Bertz CT molecular complexity index is 715. The Labute approximate surface area is 154 Å². The van der Waals surface area contributed by atoms with Gasteiger partial charge in [0.05, 0.1) is 19.7 Å². The van der Waals surface area contributed by atoms with Crippen molar-refractivity contribution in [3.05, 3.63) is 54.2 Å². The maximum atomic E-state index is 12.4. The summed E-state index contributed by atoms with van der Waals surface area (Å²) < 4.78 is 5.38. The first-order valence-corrected chi connectivity index (χ1v) is 8.98. The first kappa shape index (κ1) is 18.2. The Kier molecular flexibility index (Phi) is 6.07. The lowest BCUT2D eigenvalue weighted by Gasteiger charge is -2.35. The van der Waals surface area contributed by atoms with Crippen molar-refractivity contribution in [1.29, 1.82) is 0 Å². The van der Waals surface area contributed by atoms with Crippen molar-refractivity contribution in [3.8, 4) is 5.75 Å². The Morgan fingerprint density at radius 2 is 1.88 bits per heavy atom. The molecule has 1 atom stereocenters. The van der Waals surface area contributed by atoms with E-state index in [0.717, 1.165) is 43.3 Å². The average Bonchev–Trinajstić information content (AvgIpc) is 2.69. The van der Waals surface area contributed by atoms with Gasteiger partial charge in [-0.15, -0.1) is 0 Å². The summed E-state index contributed by atoms with van der Waals surface area (Å²) in [7, 11) is 1.65. The molecule has 138 valence electrons. The number of nitrogens with one attached hydrogen (secondary N) is 1. The number of hydrogen-bond donors (Lipinski definition) is 1. The highest BCUT2D eigenvalue weighted by molar-refractivity contribution is 5.78. The smallest absolute Gasteiger partial charge is 0.234 e. The molecule has 2 aromatic rings. The van der Waals surface area contributed by atoms with Gasteiger partial charge in [-0.05, 0) is 25.1 Å². The number of rotatable bonds is 6. The summed E-state index contributed by atoms with van der Waals surface area (Å²) in [6.07, 6.45) is 1.81. The van der Waals surface area contributed by atoms with Gasteiger partial charge < -0.3 is 15.0 Å². The van der Waals surface area contributed by atoms with Gasteiger partial charge in [0, 0.05) is 37.9 Å². The SMILES string of the molecule is COc1ccccc1C(C)NC(=O)CN1CCN(c2ccccn2)CC1. The molecule has 1 N–H and O–H groups in total. The van der Waals surface area contributed by atoms with Crippen LogP contribution in [0.3, 0.4) is 0 Å². The fourth-order valence-electron chi connectivity index (χ4n) is 3.27. The van der Waals surface area contributed by atoms with Crippen LogP contribution in [0.2, 0.25) is 0 Å². The Morgan fingerprint density at radius 1 is 1.15 bits per heavy atom. The van der Waals surface area contributed by atoms with Crippen molar-refractivity contribution in [2.45, 2.75) is 13.0 Å². The van der Waals surface area contributed by atoms with E-state index >= 15 is 0 Å².